The minimum absolute atomic E-state index is 0.00443. The second-order valence-electron chi connectivity index (χ2n) is 4.85. The molecule has 0 bridgehead atoms. The van der Waals surface area contributed by atoms with E-state index in [-0.39, 0.29) is 22.8 Å². The summed E-state index contributed by atoms with van der Waals surface area (Å²) in [6, 6.07) is 10.2. The summed E-state index contributed by atoms with van der Waals surface area (Å²) in [5.74, 6) is -0.336. The van der Waals surface area contributed by atoms with E-state index in [0.717, 1.165) is 6.07 Å². The third kappa shape index (κ3) is 4.07. The number of anilines is 2. The maximum absolute atomic E-state index is 12.4. The number of nitrogens with one attached hydrogen (secondary N) is 2. The molecule has 0 aromatic heterocycles. The fraction of sp³-hybridized carbons (Fsp3) is 0.125. The summed E-state index contributed by atoms with van der Waals surface area (Å²) in [6.45, 7) is 1.28. The number of nitrogens with zero attached hydrogens (tertiary/aromatic N) is 1. The number of methoxy groups -OCH3 is 1. The first-order valence-corrected chi connectivity index (χ1v) is 6.92. The zero-order valence-electron chi connectivity index (χ0n) is 13.0. The molecule has 0 atom stereocenters. The summed E-state index contributed by atoms with van der Waals surface area (Å²) in [7, 11) is 1.52. The number of non-ortho nitro benzene ring substituents is 1. The largest absolute Gasteiger partial charge is 0.497 e. The third-order valence-electron chi connectivity index (χ3n) is 3.12. The Hall–Kier alpha value is -3.42. The Labute approximate surface area is 137 Å². The second-order valence-corrected chi connectivity index (χ2v) is 4.85. The van der Waals surface area contributed by atoms with Gasteiger partial charge in [-0.05, 0) is 30.3 Å². The van der Waals surface area contributed by atoms with Crippen molar-refractivity contribution in [1.29, 1.82) is 0 Å². The lowest BCUT2D eigenvalue weighted by atomic mass is 10.1. The van der Waals surface area contributed by atoms with Crippen LogP contribution in [0.25, 0.3) is 0 Å². The Morgan fingerprint density at radius 1 is 1.08 bits per heavy atom. The van der Waals surface area contributed by atoms with Crippen LogP contribution in [-0.2, 0) is 4.79 Å². The molecule has 8 nitrogen and oxygen atoms in total. The molecule has 8 heteroatoms. The first kappa shape index (κ1) is 16.9. The predicted molar refractivity (Wildman–Crippen MR) is 88.3 cm³/mol. The molecule has 0 radical (unpaired) electrons. The van der Waals surface area contributed by atoms with Gasteiger partial charge >= 0.3 is 0 Å². The number of hydrogen-bond acceptors (Lipinski definition) is 5. The molecule has 0 aliphatic heterocycles. The lowest BCUT2D eigenvalue weighted by Crippen LogP contribution is -2.17. The molecule has 124 valence electrons. The smallest absolute Gasteiger partial charge is 0.270 e. The van der Waals surface area contributed by atoms with E-state index in [2.05, 4.69) is 10.6 Å². The van der Waals surface area contributed by atoms with Crippen molar-refractivity contribution in [2.24, 2.45) is 0 Å². The molecule has 2 N–H and O–H groups in total. The lowest BCUT2D eigenvalue weighted by molar-refractivity contribution is -0.384. The van der Waals surface area contributed by atoms with E-state index in [9.17, 15) is 19.7 Å². The van der Waals surface area contributed by atoms with Crippen molar-refractivity contribution in [3.63, 3.8) is 0 Å². The number of nitro benzene ring substituents is 1. The number of nitro groups is 1. The van der Waals surface area contributed by atoms with Gasteiger partial charge < -0.3 is 15.4 Å². The van der Waals surface area contributed by atoms with Gasteiger partial charge in [0.1, 0.15) is 5.75 Å². The molecule has 0 saturated carbocycles. The zero-order chi connectivity index (χ0) is 17.7. The van der Waals surface area contributed by atoms with Gasteiger partial charge in [-0.3, -0.25) is 19.7 Å². The molecule has 2 aromatic carbocycles. The highest BCUT2D eigenvalue weighted by Crippen LogP contribution is 2.24. The molecule has 0 aliphatic carbocycles. The Bertz CT molecular complexity index is 787. The van der Waals surface area contributed by atoms with Crippen LogP contribution in [0.5, 0.6) is 5.75 Å². The van der Waals surface area contributed by atoms with Gasteiger partial charge in [-0.15, -0.1) is 0 Å². The van der Waals surface area contributed by atoms with Crippen LogP contribution in [0.15, 0.2) is 42.5 Å². The molecule has 0 unspecified atom stereocenters. The van der Waals surface area contributed by atoms with Gasteiger partial charge in [0.15, 0.2) is 0 Å². The molecule has 0 heterocycles. The van der Waals surface area contributed by atoms with E-state index in [4.69, 9.17) is 4.74 Å². The minimum atomic E-state index is -0.609. The summed E-state index contributed by atoms with van der Waals surface area (Å²) < 4.78 is 5.03. The number of benzene rings is 2. The van der Waals surface area contributed by atoms with Crippen molar-refractivity contribution in [1.82, 2.24) is 0 Å². The number of hydrogen-bond donors (Lipinski definition) is 2. The number of ether oxygens (including phenoxy) is 1. The van der Waals surface area contributed by atoms with Crippen LogP contribution in [0, 0.1) is 10.1 Å². The zero-order valence-corrected chi connectivity index (χ0v) is 13.0. The highest BCUT2D eigenvalue weighted by Gasteiger charge is 2.17. The molecular weight excluding hydrogens is 314 g/mol. The second kappa shape index (κ2) is 7.23. The fourth-order valence-electron chi connectivity index (χ4n) is 2.01. The van der Waals surface area contributed by atoms with Gasteiger partial charge in [0, 0.05) is 24.7 Å². The first-order valence-electron chi connectivity index (χ1n) is 6.92. The molecular formula is C16H15N3O5. The van der Waals surface area contributed by atoms with Gasteiger partial charge in [-0.1, -0.05) is 0 Å². The normalized spacial score (nSPS) is 9.92. The van der Waals surface area contributed by atoms with Crippen LogP contribution in [0.3, 0.4) is 0 Å². The van der Waals surface area contributed by atoms with Crippen LogP contribution in [0.4, 0.5) is 17.1 Å². The Balaban J connectivity index is 2.32. The highest BCUT2D eigenvalue weighted by molar-refractivity contribution is 6.10. The fourth-order valence-corrected chi connectivity index (χ4v) is 2.01. The van der Waals surface area contributed by atoms with Gasteiger partial charge in [-0.25, -0.2) is 0 Å². The minimum Gasteiger partial charge on any atom is -0.497 e. The molecule has 0 fully saturated rings. The van der Waals surface area contributed by atoms with Crippen LogP contribution < -0.4 is 15.4 Å². The number of carbonyl (C=O) groups is 2. The third-order valence-corrected chi connectivity index (χ3v) is 3.12. The van der Waals surface area contributed by atoms with Gasteiger partial charge in [-0.2, -0.15) is 0 Å². The molecule has 0 saturated heterocycles. The van der Waals surface area contributed by atoms with Crippen molar-refractivity contribution < 1.29 is 19.2 Å². The summed E-state index contributed by atoms with van der Waals surface area (Å²) in [6.07, 6.45) is 0. The monoisotopic (exact) mass is 329 g/mol. The quantitative estimate of drug-likeness (QED) is 0.647. The Morgan fingerprint density at radius 3 is 2.29 bits per heavy atom. The molecule has 2 aromatic rings. The van der Waals surface area contributed by atoms with E-state index >= 15 is 0 Å². The molecule has 0 spiro atoms. The maximum Gasteiger partial charge on any atom is 0.270 e. The van der Waals surface area contributed by atoms with Gasteiger partial charge in [0.25, 0.3) is 11.6 Å². The Morgan fingerprint density at radius 2 is 1.75 bits per heavy atom. The molecule has 24 heavy (non-hydrogen) atoms. The van der Waals surface area contributed by atoms with Crippen LogP contribution >= 0.6 is 0 Å². The van der Waals surface area contributed by atoms with Crippen molar-refractivity contribution in [2.75, 3.05) is 17.7 Å². The number of rotatable bonds is 5. The SMILES string of the molecule is COc1ccc(NC(=O)c2cc([N+](=O)[O-])ccc2NC(C)=O)cc1. The maximum atomic E-state index is 12.4. The molecule has 2 amide bonds. The van der Waals surface area contributed by atoms with E-state index < -0.39 is 10.8 Å². The summed E-state index contributed by atoms with van der Waals surface area (Å²) in [5.41, 5.74) is 0.430. The molecule has 0 aliphatic rings. The number of amides is 2. The van der Waals surface area contributed by atoms with E-state index in [0.29, 0.717) is 11.4 Å². The van der Waals surface area contributed by atoms with Gasteiger partial charge in [0.2, 0.25) is 5.91 Å². The summed E-state index contributed by atoms with van der Waals surface area (Å²) >= 11 is 0. The van der Waals surface area contributed by atoms with Crippen molar-refractivity contribution in [3.8, 4) is 5.75 Å². The standard InChI is InChI=1S/C16H15N3O5/c1-10(20)17-15-8-5-12(19(22)23)9-14(15)16(21)18-11-3-6-13(24-2)7-4-11/h3-9H,1-2H3,(H,17,20)(H,18,21). The van der Waals surface area contributed by atoms with Gasteiger partial charge in [0.05, 0.1) is 23.3 Å². The average Bonchev–Trinajstić information content (AvgIpc) is 2.55. The average molecular weight is 329 g/mol. The predicted octanol–water partition coefficient (Wildman–Crippen LogP) is 2.81. The van der Waals surface area contributed by atoms with E-state index in [1.165, 1.54) is 26.2 Å². The topological polar surface area (TPSA) is 111 Å². The van der Waals surface area contributed by atoms with Crippen molar-refractivity contribution >= 4 is 28.9 Å². The van der Waals surface area contributed by atoms with E-state index in [1.807, 2.05) is 0 Å². The highest BCUT2D eigenvalue weighted by atomic mass is 16.6. The summed E-state index contributed by atoms with van der Waals surface area (Å²) in [5, 5.41) is 16.0. The van der Waals surface area contributed by atoms with E-state index in [1.54, 1.807) is 24.3 Å². The van der Waals surface area contributed by atoms with Crippen LogP contribution in [-0.4, -0.2) is 23.8 Å². The van der Waals surface area contributed by atoms with Crippen LogP contribution in [0.2, 0.25) is 0 Å². The van der Waals surface area contributed by atoms with Crippen molar-refractivity contribution in [2.45, 2.75) is 6.92 Å². The van der Waals surface area contributed by atoms with Crippen molar-refractivity contribution in [3.05, 3.63) is 58.1 Å². The molecule has 2 rings (SSSR count). The summed E-state index contributed by atoms with van der Waals surface area (Å²) in [4.78, 5) is 34.0. The lowest BCUT2D eigenvalue weighted by Gasteiger charge is -2.11. The van der Waals surface area contributed by atoms with Crippen LogP contribution in [0.1, 0.15) is 17.3 Å². The Kier molecular flexibility index (Phi) is 5.10. The number of carbonyl (C=O) groups excluding carboxylic acids is 2. The first-order chi connectivity index (χ1) is 11.4.